The van der Waals surface area contributed by atoms with Gasteiger partial charge < -0.3 is 24.9 Å². The summed E-state index contributed by atoms with van der Waals surface area (Å²) in [4.78, 5) is 38.4. The molecule has 31 heavy (non-hydrogen) atoms. The molecule has 2 unspecified atom stereocenters. The van der Waals surface area contributed by atoms with Gasteiger partial charge in [0.2, 0.25) is 0 Å². The van der Waals surface area contributed by atoms with Crippen LogP contribution in [0.5, 0.6) is 0 Å². The Morgan fingerprint density at radius 1 is 1.16 bits per heavy atom. The third-order valence-corrected chi connectivity index (χ3v) is 9.53. The SMILES string of the molecule is CCN(CC[N+]1(CCNCP(=O)(O)O)CP(=O)(c2ccccc2)O[C@H]1C)CP(=O)(O)O. The lowest BCUT2D eigenvalue weighted by Gasteiger charge is -2.38. The minimum absolute atomic E-state index is 0.198. The van der Waals surface area contributed by atoms with Crippen LogP contribution in [-0.2, 0) is 18.2 Å². The predicted octanol–water partition coefficient (Wildman–Crippen LogP) is 0.922. The number of likely N-dealkylation sites (N-methyl/N-ethyl adjacent to an activating group) is 1. The number of nitrogens with zero attached hydrogens (tertiary/aromatic N) is 2. The third-order valence-electron chi connectivity index (χ3n) is 5.46. The highest BCUT2D eigenvalue weighted by Gasteiger charge is 2.52. The van der Waals surface area contributed by atoms with E-state index in [1.165, 1.54) is 0 Å². The zero-order valence-electron chi connectivity index (χ0n) is 17.8. The zero-order chi connectivity index (χ0) is 23.3. The van der Waals surface area contributed by atoms with E-state index in [1.807, 2.05) is 13.0 Å². The molecule has 3 atom stereocenters. The first-order valence-corrected chi connectivity index (χ1v) is 15.4. The number of rotatable bonds is 12. The molecule has 0 bridgehead atoms. The van der Waals surface area contributed by atoms with Crippen molar-refractivity contribution < 1.29 is 42.3 Å². The Balaban J connectivity index is 2.20. The maximum atomic E-state index is 13.7. The van der Waals surface area contributed by atoms with E-state index in [0.717, 1.165) is 0 Å². The molecule has 1 aromatic rings. The van der Waals surface area contributed by atoms with Gasteiger partial charge in [-0.2, -0.15) is 0 Å². The summed E-state index contributed by atoms with van der Waals surface area (Å²) in [5.74, 6) is 0. The van der Waals surface area contributed by atoms with Crippen molar-refractivity contribution in [2.24, 2.45) is 0 Å². The Morgan fingerprint density at radius 3 is 2.35 bits per heavy atom. The van der Waals surface area contributed by atoms with Crippen molar-refractivity contribution in [1.82, 2.24) is 10.2 Å². The molecule has 178 valence electrons. The molecular formula is C17H33N3O8P3+. The Bertz CT molecular complexity index is 861. The summed E-state index contributed by atoms with van der Waals surface area (Å²) >= 11 is 0. The van der Waals surface area contributed by atoms with Crippen LogP contribution in [0, 0.1) is 0 Å². The lowest BCUT2D eigenvalue weighted by Crippen LogP contribution is -2.56. The topological polar surface area (TPSA) is 157 Å². The van der Waals surface area contributed by atoms with E-state index in [-0.39, 0.29) is 23.6 Å². The summed E-state index contributed by atoms with van der Waals surface area (Å²) in [7, 11) is -11.6. The van der Waals surface area contributed by atoms with Crippen LogP contribution in [0.3, 0.4) is 0 Å². The van der Waals surface area contributed by atoms with Gasteiger partial charge in [-0.3, -0.25) is 27.6 Å². The van der Waals surface area contributed by atoms with Gasteiger partial charge >= 0.3 is 15.2 Å². The highest BCUT2D eigenvalue weighted by molar-refractivity contribution is 7.67. The van der Waals surface area contributed by atoms with E-state index >= 15 is 0 Å². The van der Waals surface area contributed by atoms with Crippen LogP contribution in [0.1, 0.15) is 13.8 Å². The van der Waals surface area contributed by atoms with Crippen molar-refractivity contribution in [3.8, 4) is 0 Å². The standard InChI is InChI=1S/C17H32N3O8P3/c1-3-19(14-31(25,26)27)10-12-20(11-9-18-13-30(22,23)24)15-29(21,28-16(20)2)17-7-5-4-6-8-17/h4-8,16,18H,3,9-15H2,1-2H3,(H3-,22,23,24,25,26,27)/p+1/t16-,20?,29?/m0/s1. The number of hydrogen-bond acceptors (Lipinski definition) is 6. The lowest BCUT2D eigenvalue weighted by atomic mass is 10.3. The van der Waals surface area contributed by atoms with Crippen LogP contribution < -0.4 is 10.6 Å². The maximum absolute atomic E-state index is 13.7. The van der Waals surface area contributed by atoms with Crippen molar-refractivity contribution >= 4 is 27.9 Å². The first kappa shape index (κ1) is 26.8. The average Bonchev–Trinajstić information content (AvgIpc) is 2.93. The molecule has 1 aliphatic rings. The lowest BCUT2D eigenvalue weighted by molar-refractivity contribution is -0.945. The van der Waals surface area contributed by atoms with Crippen molar-refractivity contribution in [2.45, 2.75) is 20.1 Å². The van der Waals surface area contributed by atoms with Gasteiger partial charge in [-0.15, -0.1) is 0 Å². The molecule has 11 nitrogen and oxygen atoms in total. The molecule has 14 heteroatoms. The molecule has 1 saturated heterocycles. The van der Waals surface area contributed by atoms with Gasteiger partial charge in [-0.25, -0.2) is 0 Å². The molecule has 0 aromatic heterocycles. The Morgan fingerprint density at radius 2 is 1.81 bits per heavy atom. The van der Waals surface area contributed by atoms with Gasteiger partial charge in [-0.05, 0) is 18.7 Å². The van der Waals surface area contributed by atoms with Crippen LogP contribution in [0.4, 0.5) is 0 Å². The van der Waals surface area contributed by atoms with Crippen molar-refractivity contribution in [3.05, 3.63) is 30.3 Å². The van der Waals surface area contributed by atoms with Crippen LogP contribution in [0.25, 0.3) is 0 Å². The molecule has 0 radical (unpaired) electrons. The number of hydrogen-bond donors (Lipinski definition) is 5. The van der Waals surface area contributed by atoms with Gasteiger partial charge in [0.25, 0.3) is 7.37 Å². The minimum atomic E-state index is -4.22. The molecule has 2 rings (SSSR count). The van der Waals surface area contributed by atoms with Crippen molar-refractivity contribution in [1.29, 1.82) is 0 Å². The fourth-order valence-electron chi connectivity index (χ4n) is 3.74. The average molecular weight is 500 g/mol. The first-order chi connectivity index (χ1) is 14.3. The molecule has 1 heterocycles. The molecule has 0 aliphatic carbocycles. The predicted molar refractivity (Wildman–Crippen MR) is 118 cm³/mol. The summed E-state index contributed by atoms with van der Waals surface area (Å²) in [6.07, 6.45) is -1.09. The molecular weight excluding hydrogens is 467 g/mol. The Hall–Kier alpha value is -0.410. The maximum Gasteiger partial charge on any atom is 0.339 e. The van der Waals surface area contributed by atoms with Crippen molar-refractivity contribution in [3.63, 3.8) is 0 Å². The summed E-state index contributed by atoms with van der Waals surface area (Å²) in [6, 6.07) is 8.91. The summed E-state index contributed by atoms with van der Waals surface area (Å²) in [6.45, 7) is 5.48. The zero-order valence-corrected chi connectivity index (χ0v) is 20.5. The van der Waals surface area contributed by atoms with Gasteiger partial charge in [0, 0.05) is 25.3 Å². The van der Waals surface area contributed by atoms with Gasteiger partial charge in [-0.1, -0.05) is 25.1 Å². The molecule has 5 N–H and O–H groups in total. The van der Waals surface area contributed by atoms with E-state index in [2.05, 4.69) is 5.32 Å². The van der Waals surface area contributed by atoms with Crippen LogP contribution in [0.15, 0.2) is 30.3 Å². The summed E-state index contributed by atoms with van der Waals surface area (Å²) in [5.41, 5.74) is 0. The molecule has 1 aliphatic heterocycles. The van der Waals surface area contributed by atoms with E-state index in [1.54, 1.807) is 36.1 Å². The number of quaternary nitrogens is 1. The Kier molecular flexibility index (Phi) is 9.25. The molecule has 1 fully saturated rings. The van der Waals surface area contributed by atoms with Crippen molar-refractivity contribution in [2.75, 3.05) is 51.6 Å². The fourth-order valence-corrected chi connectivity index (χ4v) is 7.97. The number of nitrogens with one attached hydrogen (secondary N) is 1. The highest BCUT2D eigenvalue weighted by atomic mass is 31.2. The molecule has 0 amide bonds. The van der Waals surface area contributed by atoms with Crippen LogP contribution in [0.2, 0.25) is 0 Å². The summed E-state index contributed by atoms with van der Waals surface area (Å²) < 4.78 is 42.4. The highest BCUT2D eigenvalue weighted by Crippen LogP contribution is 2.56. The second-order valence-corrected chi connectivity index (χ2v) is 13.5. The monoisotopic (exact) mass is 500 g/mol. The molecule has 0 spiro atoms. The van der Waals surface area contributed by atoms with E-state index in [9.17, 15) is 23.5 Å². The second kappa shape index (κ2) is 10.7. The number of benzene rings is 1. The third kappa shape index (κ3) is 8.14. The fraction of sp³-hybridized carbons (Fsp3) is 0.647. The normalized spacial score (nSPS) is 27.1. The first-order valence-electron chi connectivity index (χ1n) is 10.00. The smallest absolute Gasteiger partial charge is 0.324 e. The quantitative estimate of drug-likeness (QED) is 0.159. The largest absolute Gasteiger partial charge is 0.339 e. The minimum Gasteiger partial charge on any atom is -0.324 e. The van der Waals surface area contributed by atoms with Gasteiger partial charge in [0.15, 0.2) is 12.5 Å². The molecule has 1 aromatic carbocycles. The molecule has 0 saturated carbocycles. The van der Waals surface area contributed by atoms with Gasteiger partial charge in [0.1, 0.15) is 6.29 Å². The van der Waals surface area contributed by atoms with Gasteiger partial charge in [0.05, 0.1) is 19.4 Å². The summed E-state index contributed by atoms with van der Waals surface area (Å²) in [5, 5.41) is 3.35. The second-order valence-electron chi connectivity index (χ2n) is 7.86. The van der Waals surface area contributed by atoms with Crippen LogP contribution in [-0.4, -0.2) is 86.8 Å². The van der Waals surface area contributed by atoms with Crippen LogP contribution >= 0.6 is 22.6 Å². The van der Waals surface area contributed by atoms with E-state index in [0.29, 0.717) is 31.5 Å². The Labute approximate surface area is 182 Å². The van der Waals surface area contributed by atoms with E-state index in [4.69, 9.17) is 14.3 Å². The van der Waals surface area contributed by atoms with E-state index < -0.39 is 35.1 Å².